The van der Waals surface area contributed by atoms with Crippen LogP contribution in [-0.4, -0.2) is 23.0 Å². The van der Waals surface area contributed by atoms with E-state index in [1.165, 1.54) is 24.7 Å². The molecule has 5 nitrogen and oxygen atoms in total. The van der Waals surface area contributed by atoms with Crippen molar-refractivity contribution < 1.29 is 14.3 Å². The molecule has 0 unspecified atom stereocenters. The maximum atomic E-state index is 12.5. The molecular weight excluding hydrogens is 300 g/mol. The Morgan fingerprint density at radius 2 is 2.09 bits per heavy atom. The van der Waals surface area contributed by atoms with Crippen LogP contribution in [0.5, 0.6) is 0 Å². The molecule has 1 aliphatic rings. The van der Waals surface area contributed by atoms with Gasteiger partial charge in [-0.1, -0.05) is 6.42 Å². The third-order valence-corrected chi connectivity index (χ3v) is 4.87. The van der Waals surface area contributed by atoms with Crippen LogP contribution in [-0.2, 0) is 9.53 Å². The fraction of sp³-hybridized carbons (Fsp3) is 0.438. The molecule has 6 heteroatoms. The molecule has 1 amide bonds. The maximum Gasteiger partial charge on any atom is 0.350 e. The maximum absolute atomic E-state index is 12.5. The molecule has 0 atom stereocenters. The van der Waals surface area contributed by atoms with Crippen LogP contribution < -0.4 is 5.32 Å². The van der Waals surface area contributed by atoms with Gasteiger partial charge in [-0.15, -0.1) is 11.3 Å². The lowest BCUT2D eigenvalue weighted by molar-refractivity contribution is -0.114. The van der Waals surface area contributed by atoms with Crippen LogP contribution in [0.15, 0.2) is 18.3 Å². The minimum atomic E-state index is -0.362. The van der Waals surface area contributed by atoms with Gasteiger partial charge in [-0.2, -0.15) is 0 Å². The first kappa shape index (κ1) is 15.0. The largest absolute Gasteiger partial charge is 0.458 e. The van der Waals surface area contributed by atoms with Gasteiger partial charge in [0.1, 0.15) is 15.8 Å². The van der Waals surface area contributed by atoms with E-state index in [1.54, 1.807) is 12.3 Å². The zero-order valence-electron chi connectivity index (χ0n) is 12.4. The number of pyridine rings is 1. The number of fused-ring (bicyclic) bond motifs is 1. The molecule has 1 N–H and O–H groups in total. The molecule has 1 saturated carbocycles. The van der Waals surface area contributed by atoms with Crippen LogP contribution >= 0.6 is 11.3 Å². The number of anilines is 1. The number of carbonyl (C=O) groups is 2. The van der Waals surface area contributed by atoms with Gasteiger partial charge in [-0.3, -0.25) is 4.79 Å². The van der Waals surface area contributed by atoms with Crippen LogP contribution in [0.1, 0.15) is 48.7 Å². The summed E-state index contributed by atoms with van der Waals surface area (Å²) in [6, 6.07) is 3.64. The highest BCUT2D eigenvalue weighted by molar-refractivity contribution is 7.21. The van der Waals surface area contributed by atoms with Crippen LogP contribution in [0.4, 0.5) is 5.69 Å². The van der Waals surface area contributed by atoms with Crippen molar-refractivity contribution in [3.63, 3.8) is 0 Å². The van der Waals surface area contributed by atoms with E-state index in [0.717, 1.165) is 35.9 Å². The average Bonchev–Trinajstić information content (AvgIpc) is 2.87. The van der Waals surface area contributed by atoms with Crippen molar-refractivity contribution in [2.24, 2.45) is 0 Å². The number of hydrogen-bond donors (Lipinski definition) is 1. The molecule has 0 saturated heterocycles. The van der Waals surface area contributed by atoms with Crippen molar-refractivity contribution >= 4 is 39.1 Å². The molecule has 0 radical (unpaired) electrons. The Bertz CT molecular complexity index is 704. The van der Waals surface area contributed by atoms with Gasteiger partial charge in [-0.25, -0.2) is 9.78 Å². The molecule has 0 spiro atoms. The zero-order chi connectivity index (χ0) is 15.5. The van der Waals surface area contributed by atoms with Gasteiger partial charge in [0.15, 0.2) is 0 Å². The molecule has 2 aromatic rings. The van der Waals surface area contributed by atoms with Crippen molar-refractivity contribution in [3.05, 3.63) is 23.2 Å². The second kappa shape index (κ2) is 6.44. The lowest BCUT2D eigenvalue weighted by Gasteiger charge is -2.21. The number of carbonyl (C=O) groups excluding carboxylic acids is 2. The first-order valence-corrected chi connectivity index (χ1v) is 8.33. The van der Waals surface area contributed by atoms with Gasteiger partial charge < -0.3 is 10.1 Å². The molecule has 3 rings (SSSR count). The molecule has 22 heavy (non-hydrogen) atoms. The van der Waals surface area contributed by atoms with E-state index in [4.69, 9.17) is 4.74 Å². The minimum Gasteiger partial charge on any atom is -0.458 e. The first-order chi connectivity index (χ1) is 10.6. The number of rotatable bonds is 3. The lowest BCUT2D eigenvalue weighted by Crippen LogP contribution is -2.21. The number of esters is 1. The molecule has 0 aromatic carbocycles. The fourth-order valence-electron chi connectivity index (χ4n) is 2.76. The third kappa shape index (κ3) is 3.11. The van der Waals surface area contributed by atoms with Gasteiger partial charge >= 0.3 is 5.97 Å². The molecule has 116 valence electrons. The lowest BCUT2D eigenvalue weighted by atomic mass is 9.98. The summed E-state index contributed by atoms with van der Waals surface area (Å²) in [4.78, 5) is 29.3. The Morgan fingerprint density at radius 1 is 1.32 bits per heavy atom. The number of hydrogen-bond acceptors (Lipinski definition) is 5. The van der Waals surface area contributed by atoms with E-state index in [-0.39, 0.29) is 18.0 Å². The number of amides is 1. The smallest absolute Gasteiger partial charge is 0.350 e. The second-order valence-electron chi connectivity index (χ2n) is 5.51. The Morgan fingerprint density at radius 3 is 2.82 bits per heavy atom. The quantitative estimate of drug-likeness (QED) is 0.875. The van der Waals surface area contributed by atoms with Gasteiger partial charge in [0, 0.05) is 18.5 Å². The van der Waals surface area contributed by atoms with E-state index >= 15 is 0 Å². The first-order valence-electron chi connectivity index (χ1n) is 7.51. The predicted octanol–water partition coefficient (Wildman–Crippen LogP) is 3.74. The van der Waals surface area contributed by atoms with Crippen molar-refractivity contribution in [3.8, 4) is 0 Å². The topological polar surface area (TPSA) is 68.3 Å². The Kier molecular flexibility index (Phi) is 4.38. The average molecular weight is 318 g/mol. The van der Waals surface area contributed by atoms with Gasteiger partial charge in [0.2, 0.25) is 5.91 Å². The van der Waals surface area contributed by atoms with E-state index in [9.17, 15) is 9.59 Å². The monoisotopic (exact) mass is 318 g/mol. The summed E-state index contributed by atoms with van der Waals surface area (Å²) in [6.45, 7) is 1.43. The molecule has 0 aliphatic heterocycles. The van der Waals surface area contributed by atoms with E-state index in [0.29, 0.717) is 10.6 Å². The van der Waals surface area contributed by atoms with Crippen molar-refractivity contribution in [2.45, 2.75) is 45.1 Å². The predicted molar refractivity (Wildman–Crippen MR) is 86.2 cm³/mol. The van der Waals surface area contributed by atoms with Gasteiger partial charge in [0.25, 0.3) is 0 Å². The third-order valence-electron chi connectivity index (χ3n) is 3.78. The Balaban J connectivity index is 1.90. The van der Waals surface area contributed by atoms with Crippen molar-refractivity contribution in [1.82, 2.24) is 4.98 Å². The van der Waals surface area contributed by atoms with Crippen LogP contribution in [0.3, 0.4) is 0 Å². The normalized spacial score (nSPS) is 15.7. The summed E-state index contributed by atoms with van der Waals surface area (Å²) in [7, 11) is 0. The number of aromatic nitrogens is 1. The second-order valence-corrected chi connectivity index (χ2v) is 6.51. The highest BCUT2D eigenvalue weighted by Crippen LogP contribution is 2.35. The van der Waals surface area contributed by atoms with Crippen LogP contribution in [0.2, 0.25) is 0 Å². The van der Waals surface area contributed by atoms with Crippen LogP contribution in [0, 0.1) is 0 Å². The van der Waals surface area contributed by atoms with E-state index in [2.05, 4.69) is 10.3 Å². The number of thiophene rings is 1. The van der Waals surface area contributed by atoms with E-state index in [1.807, 2.05) is 6.07 Å². The Labute approximate surface area is 132 Å². The molecule has 2 heterocycles. The van der Waals surface area contributed by atoms with Gasteiger partial charge in [-0.05, 0) is 37.8 Å². The minimum absolute atomic E-state index is 0.00963. The highest BCUT2D eigenvalue weighted by Gasteiger charge is 2.24. The van der Waals surface area contributed by atoms with Crippen molar-refractivity contribution in [2.75, 3.05) is 5.32 Å². The summed E-state index contributed by atoms with van der Waals surface area (Å²) in [5.41, 5.74) is 0.515. The molecule has 1 fully saturated rings. The van der Waals surface area contributed by atoms with Crippen LogP contribution in [0.25, 0.3) is 10.2 Å². The van der Waals surface area contributed by atoms with Crippen molar-refractivity contribution in [1.29, 1.82) is 0 Å². The molecule has 0 bridgehead atoms. The standard InChI is InChI=1S/C16H18N2O3S/c1-10(19)18-13-12-8-5-9-17-15(12)22-14(13)16(20)21-11-6-3-2-4-7-11/h5,8-9,11H,2-4,6-7H2,1H3,(H,18,19). The zero-order valence-corrected chi connectivity index (χ0v) is 13.2. The summed E-state index contributed by atoms with van der Waals surface area (Å²) in [6.07, 6.45) is 6.92. The summed E-state index contributed by atoms with van der Waals surface area (Å²) in [5.74, 6) is -0.575. The molecular formula is C16H18N2O3S. The number of nitrogens with zero attached hydrogens (tertiary/aromatic N) is 1. The fourth-order valence-corrected chi connectivity index (χ4v) is 3.75. The molecule has 1 aliphatic carbocycles. The van der Waals surface area contributed by atoms with Gasteiger partial charge in [0.05, 0.1) is 5.69 Å². The SMILES string of the molecule is CC(=O)Nc1c(C(=O)OC2CCCCC2)sc2ncccc12. The molecule has 2 aromatic heterocycles. The highest BCUT2D eigenvalue weighted by atomic mass is 32.1. The Hall–Kier alpha value is -1.95. The summed E-state index contributed by atoms with van der Waals surface area (Å²) in [5, 5.41) is 3.52. The van der Waals surface area contributed by atoms with E-state index < -0.39 is 0 Å². The number of ether oxygens (including phenoxy) is 1. The summed E-state index contributed by atoms with van der Waals surface area (Å²) >= 11 is 1.26. The number of nitrogens with one attached hydrogen (secondary N) is 1. The summed E-state index contributed by atoms with van der Waals surface area (Å²) < 4.78 is 5.62.